The van der Waals surface area contributed by atoms with Crippen LogP contribution in [0.4, 0.5) is 0 Å². The molecule has 0 spiro atoms. The van der Waals surface area contributed by atoms with E-state index in [9.17, 15) is 19.5 Å². The summed E-state index contributed by atoms with van der Waals surface area (Å²) in [7, 11) is 0. The third-order valence-electron chi connectivity index (χ3n) is 8.23. The monoisotopic (exact) mass is 609 g/mol. The van der Waals surface area contributed by atoms with Crippen molar-refractivity contribution in [3.63, 3.8) is 0 Å². The lowest BCUT2D eigenvalue weighted by Crippen LogP contribution is -2.75. The first-order valence-electron chi connectivity index (χ1n) is 14.8. The molecule has 2 atom stereocenters. The van der Waals surface area contributed by atoms with Gasteiger partial charge in [0.05, 0.1) is 28.3 Å². The van der Waals surface area contributed by atoms with Gasteiger partial charge in [0, 0.05) is 25.9 Å². The third-order valence-corrected chi connectivity index (χ3v) is 9.17. The van der Waals surface area contributed by atoms with Gasteiger partial charge in [-0.25, -0.2) is 15.0 Å². The molecule has 2 fully saturated rings. The Hall–Kier alpha value is -4.54. The number of nitrogens with zero attached hydrogens (tertiary/aromatic N) is 5. The van der Waals surface area contributed by atoms with Crippen LogP contribution in [0.15, 0.2) is 85.5 Å². The lowest BCUT2D eigenvalue weighted by Gasteiger charge is -2.55. The highest BCUT2D eigenvalue weighted by Gasteiger charge is 2.51. The molecular formula is C34H35N5O4S. The largest absolute Gasteiger partial charge is 0.508 e. The number of phenols is 1. The molecule has 44 heavy (non-hydrogen) atoms. The number of fused-ring (bicyclic) bond motifs is 2. The van der Waals surface area contributed by atoms with E-state index in [0.29, 0.717) is 19.5 Å². The molecule has 10 heteroatoms. The minimum absolute atomic E-state index is 0.0314. The van der Waals surface area contributed by atoms with Crippen LogP contribution in [0.3, 0.4) is 0 Å². The standard InChI is InChI=1S/C34H35N5O4S/c1-3-18-37-22-32(42)38-28(19-25-12-15-27(40)16-13-25)34(43)36(20-26-10-7-11-29-33(26)35-23(2)44-29)21-30(38)39(37)31(41)17-14-24-8-5-4-6-9-24/h3-13,15-16,28,30,40H,1,14,17-22H2,2H3/t28-,30?/m0/s1. The molecule has 4 aromatic rings. The fraction of sp³-hybridized carbons (Fsp3) is 0.294. The zero-order valence-corrected chi connectivity index (χ0v) is 25.4. The number of amides is 3. The zero-order valence-electron chi connectivity index (χ0n) is 24.6. The predicted molar refractivity (Wildman–Crippen MR) is 169 cm³/mol. The maximum atomic E-state index is 14.3. The first kappa shape index (κ1) is 29.5. The molecule has 3 amide bonds. The number of hydrazine groups is 1. The second kappa shape index (κ2) is 12.6. The summed E-state index contributed by atoms with van der Waals surface area (Å²) in [5, 5.41) is 14.2. The lowest BCUT2D eigenvalue weighted by molar-refractivity contribution is -0.205. The Labute approximate surface area is 260 Å². The number of aromatic hydroxyl groups is 1. The molecular weight excluding hydrogens is 574 g/mol. The summed E-state index contributed by atoms with van der Waals surface area (Å²) in [5.41, 5.74) is 3.65. The molecule has 2 aliphatic rings. The van der Waals surface area contributed by atoms with Gasteiger partial charge in [0.15, 0.2) is 0 Å². The second-order valence-corrected chi connectivity index (χ2v) is 12.5. The van der Waals surface area contributed by atoms with Crippen molar-refractivity contribution in [3.8, 4) is 5.75 Å². The number of hydrogen-bond acceptors (Lipinski definition) is 7. The highest BCUT2D eigenvalue weighted by molar-refractivity contribution is 7.18. The molecule has 0 saturated carbocycles. The molecule has 0 bridgehead atoms. The maximum Gasteiger partial charge on any atom is 0.246 e. The summed E-state index contributed by atoms with van der Waals surface area (Å²) in [5.74, 6) is -0.384. The summed E-state index contributed by atoms with van der Waals surface area (Å²) < 4.78 is 1.05. The molecule has 0 radical (unpaired) electrons. The minimum atomic E-state index is -0.822. The average Bonchev–Trinajstić information content (AvgIpc) is 3.41. The molecule has 9 nitrogen and oxygen atoms in total. The van der Waals surface area contributed by atoms with Gasteiger partial charge in [-0.15, -0.1) is 17.9 Å². The number of aromatic nitrogens is 1. The van der Waals surface area contributed by atoms with E-state index < -0.39 is 12.2 Å². The Morgan fingerprint density at radius 3 is 2.57 bits per heavy atom. The topological polar surface area (TPSA) is 97.3 Å². The number of thiazole rings is 1. The van der Waals surface area contributed by atoms with Crippen LogP contribution in [0.1, 0.15) is 28.1 Å². The van der Waals surface area contributed by atoms with Crippen molar-refractivity contribution in [3.05, 3.63) is 107 Å². The van der Waals surface area contributed by atoms with Gasteiger partial charge in [0.25, 0.3) is 0 Å². The Kier molecular flexibility index (Phi) is 8.45. The van der Waals surface area contributed by atoms with E-state index >= 15 is 0 Å². The Morgan fingerprint density at radius 1 is 1.05 bits per heavy atom. The first-order valence-corrected chi connectivity index (χ1v) is 15.6. The van der Waals surface area contributed by atoms with Crippen LogP contribution in [0, 0.1) is 6.92 Å². The van der Waals surface area contributed by atoms with Crippen molar-refractivity contribution in [2.24, 2.45) is 0 Å². The first-order chi connectivity index (χ1) is 21.3. The quantitative estimate of drug-likeness (QED) is 0.285. The van der Waals surface area contributed by atoms with E-state index in [1.807, 2.05) is 55.5 Å². The highest BCUT2D eigenvalue weighted by atomic mass is 32.1. The van der Waals surface area contributed by atoms with E-state index in [2.05, 4.69) is 6.58 Å². The fourth-order valence-electron chi connectivity index (χ4n) is 6.22. The molecule has 0 aliphatic carbocycles. The number of carbonyl (C=O) groups excluding carboxylic acids is 3. The van der Waals surface area contributed by atoms with E-state index in [1.54, 1.807) is 61.5 Å². The molecule has 3 heterocycles. The van der Waals surface area contributed by atoms with Crippen LogP contribution in [0.2, 0.25) is 0 Å². The number of hydrogen-bond donors (Lipinski definition) is 1. The minimum Gasteiger partial charge on any atom is -0.508 e. The normalized spacial score (nSPS) is 19.0. The Bertz CT molecular complexity index is 1690. The number of para-hydroxylation sites is 1. The van der Waals surface area contributed by atoms with E-state index in [4.69, 9.17) is 4.98 Å². The number of aryl methyl sites for hydroxylation is 2. The highest BCUT2D eigenvalue weighted by Crippen LogP contribution is 2.32. The van der Waals surface area contributed by atoms with Gasteiger partial charge >= 0.3 is 0 Å². The van der Waals surface area contributed by atoms with Crippen LogP contribution in [0.5, 0.6) is 5.75 Å². The van der Waals surface area contributed by atoms with Crippen LogP contribution in [-0.4, -0.2) is 79.5 Å². The summed E-state index contributed by atoms with van der Waals surface area (Å²) in [6.07, 6.45) is 2.07. The third kappa shape index (κ3) is 5.95. The van der Waals surface area contributed by atoms with Gasteiger partial charge in [-0.1, -0.05) is 60.7 Å². The van der Waals surface area contributed by atoms with Crippen LogP contribution in [-0.2, 0) is 33.8 Å². The summed E-state index contributed by atoms with van der Waals surface area (Å²) in [6, 6.07) is 21.7. The van der Waals surface area contributed by atoms with Crippen LogP contribution in [0.25, 0.3) is 10.2 Å². The lowest BCUT2D eigenvalue weighted by atomic mass is 9.98. The van der Waals surface area contributed by atoms with Gasteiger partial charge in [0.1, 0.15) is 18.0 Å². The van der Waals surface area contributed by atoms with E-state index in [1.165, 1.54) is 0 Å². The molecule has 1 N–H and O–H groups in total. The summed E-state index contributed by atoms with van der Waals surface area (Å²) >= 11 is 1.61. The van der Waals surface area contributed by atoms with Gasteiger partial charge in [-0.05, 0) is 48.2 Å². The SMILES string of the molecule is C=CCN1CC(=O)N2C(CN(Cc3cccc4sc(C)nc34)C(=O)[C@@H]2Cc2ccc(O)cc2)N1C(=O)CCc1ccccc1. The number of phenolic OH excluding ortho intramolecular Hbond substituents is 1. The zero-order chi connectivity index (χ0) is 30.8. The average molecular weight is 610 g/mol. The number of rotatable bonds is 9. The van der Waals surface area contributed by atoms with Crippen molar-refractivity contribution >= 4 is 39.3 Å². The van der Waals surface area contributed by atoms with Crippen molar-refractivity contribution < 1.29 is 19.5 Å². The van der Waals surface area contributed by atoms with Crippen LogP contribution >= 0.6 is 11.3 Å². The molecule has 1 unspecified atom stereocenters. The van der Waals surface area contributed by atoms with Crippen molar-refractivity contribution in [2.45, 2.75) is 44.9 Å². The Morgan fingerprint density at radius 2 is 1.82 bits per heavy atom. The van der Waals surface area contributed by atoms with E-state index in [0.717, 1.165) is 31.9 Å². The summed E-state index contributed by atoms with van der Waals surface area (Å²) in [4.78, 5) is 50.2. The maximum absolute atomic E-state index is 14.3. The molecule has 2 saturated heterocycles. The molecule has 6 rings (SSSR count). The van der Waals surface area contributed by atoms with Gasteiger partial charge in [0.2, 0.25) is 17.7 Å². The molecule has 226 valence electrons. The Balaban J connectivity index is 1.37. The molecule has 2 aliphatic heterocycles. The van der Waals surface area contributed by atoms with Gasteiger partial charge in [-0.2, -0.15) is 0 Å². The molecule has 1 aromatic heterocycles. The van der Waals surface area contributed by atoms with E-state index in [-0.39, 0.29) is 49.4 Å². The van der Waals surface area contributed by atoms with Crippen molar-refractivity contribution in [2.75, 3.05) is 19.6 Å². The number of carbonyl (C=O) groups is 3. The fourth-order valence-corrected chi connectivity index (χ4v) is 7.09. The number of benzene rings is 3. The number of piperazine rings is 1. The smallest absolute Gasteiger partial charge is 0.246 e. The van der Waals surface area contributed by atoms with Gasteiger partial charge in [-0.3, -0.25) is 14.4 Å². The van der Waals surface area contributed by atoms with Crippen molar-refractivity contribution in [1.82, 2.24) is 24.8 Å². The van der Waals surface area contributed by atoms with Gasteiger partial charge < -0.3 is 14.9 Å². The summed E-state index contributed by atoms with van der Waals surface area (Å²) in [6.45, 7) is 6.59. The predicted octanol–water partition coefficient (Wildman–Crippen LogP) is 4.30. The second-order valence-electron chi connectivity index (χ2n) is 11.2. The van der Waals surface area contributed by atoms with Crippen LogP contribution < -0.4 is 0 Å². The molecule has 3 aromatic carbocycles. The van der Waals surface area contributed by atoms with Crippen molar-refractivity contribution in [1.29, 1.82) is 0 Å².